The lowest BCUT2D eigenvalue weighted by Crippen LogP contribution is -2.49. The van der Waals surface area contributed by atoms with Crippen molar-refractivity contribution in [3.8, 4) is 0 Å². The van der Waals surface area contributed by atoms with Gasteiger partial charge >= 0.3 is 0 Å². The van der Waals surface area contributed by atoms with Gasteiger partial charge in [-0.3, -0.25) is 4.98 Å². The molecule has 2 unspecified atom stereocenters. The maximum Gasteiger partial charge on any atom is 0.0416 e. The monoisotopic (exact) mass is 275 g/mol. The number of nitrogens with zero attached hydrogens (tertiary/aromatic N) is 2. The third-order valence-corrected chi connectivity index (χ3v) is 4.35. The van der Waals surface area contributed by atoms with E-state index in [2.05, 4.69) is 48.2 Å². The molecule has 3 nitrogen and oxygen atoms in total. The standard InChI is InChI=1S/C17H29N3/c1-14(2)12-18-13-15-7-8-17(15)20(3)11-9-16-6-4-5-10-19-16/h4-6,10,14-15,17-18H,7-9,11-13H2,1-3H3. The Hall–Kier alpha value is -0.930. The van der Waals surface area contributed by atoms with Gasteiger partial charge in [0.1, 0.15) is 0 Å². The van der Waals surface area contributed by atoms with E-state index in [1.807, 2.05) is 12.3 Å². The fourth-order valence-corrected chi connectivity index (χ4v) is 2.93. The van der Waals surface area contributed by atoms with E-state index in [9.17, 15) is 0 Å². The lowest BCUT2D eigenvalue weighted by Gasteiger charge is -2.43. The highest BCUT2D eigenvalue weighted by atomic mass is 15.1. The predicted molar refractivity (Wildman–Crippen MR) is 84.8 cm³/mol. The van der Waals surface area contributed by atoms with E-state index in [4.69, 9.17) is 0 Å². The molecule has 0 saturated heterocycles. The van der Waals surface area contributed by atoms with Crippen LogP contribution in [0.2, 0.25) is 0 Å². The third kappa shape index (κ3) is 4.57. The molecule has 1 N–H and O–H groups in total. The van der Waals surface area contributed by atoms with E-state index < -0.39 is 0 Å². The average molecular weight is 275 g/mol. The Balaban J connectivity index is 1.68. The van der Waals surface area contributed by atoms with Crippen LogP contribution >= 0.6 is 0 Å². The number of hydrogen-bond donors (Lipinski definition) is 1. The molecule has 2 atom stereocenters. The number of aromatic nitrogens is 1. The van der Waals surface area contributed by atoms with Crippen molar-refractivity contribution < 1.29 is 0 Å². The zero-order valence-corrected chi connectivity index (χ0v) is 13.2. The van der Waals surface area contributed by atoms with Crippen LogP contribution in [0.25, 0.3) is 0 Å². The highest BCUT2D eigenvalue weighted by Crippen LogP contribution is 2.30. The van der Waals surface area contributed by atoms with E-state index in [0.29, 0.717) is 0 Å². The number of rotatable bonds is 8. The first kappa shape index (κ1) is 15.5. The van der Waals surface area contributed by atoms with Gasteiger partial charge in [0.2, 0.25) is 0 Å². The smallest absolute Gasteiger partial charge is 0.0416 e. The molecule has 1 aromatic heterocycles. The number of hydrogen-bond acceptors (Lipinski definition) is 3. The van der Waals surface area contributed by atoms with E-state index in [0.717, 1.165) is 37.4 Å². The number of likely N-dealkylation sites (N-methyl/N-ethyl adjacent to an activating group) is 1. The van der Waals surface area contributed by atoms with Crippen LogP contribution in [0.1, 0.15) is 32.4 Å². The summed E-state index contributed by atoms with van der Waals surface area (Å²) in [6, 6.07) is 6.94. The highest BCUT2D eigenvalue weighted by Gasteiger charge is 2.33. The van der Waals surface area contributed by atoms with Crippen molar-refractivity contribution in [1.82, 2.24) is 15.2 Å². The molecule has 1 aliphatic rings. The molecule has 0 aromatic carbocycles. The third-order valence-electron chi connectivity index (χ3n) is 4.35. The first-order valence-electron chi connectivity index (χ1n) is 7.97. The van der Waals surface area contributed by atoms with Gasteiger partial charge in [0, 0.05) is 30.9 Å². The second kappa shape index (κ2) is 7.75. The molecule has 1 heterocycles. The summed E-state index contributed by atoms with van der Waals surface area (Å²) in [6.45, 7) is 7.97. The summed E-state index contributed by atoms with van der Waals surface area (Å²) >= 11 is 0. The Kier molecular flexibility index (Phi) is 5.99. The van der Waals surface area contributed by atoms with E-state index >= 15 is 0 Å². The Bertz CT molecular complexity index is 377. The van der Waals surface area contributed by atoms with Gasteiger partial charge in [0.05, 0.1) is 0 Å². The molecule has 1 aromatic rings. The minimum atomic E-state index is 0.746. The van der Waals surface area contributed by atoms with Crippen LogP contribution in [-0.4, -0.2) is 42.6 Å². The highest BCUT2D eigenvalue weighted by molar-refractivity contribution is 5.04. The molecule has 1 saturated carbocycles. The molecular formula is C17H29N3. The van der Waals surface area contributed by atoms with Gasteiger partial charge in [-0.05, 0) is 56.9 Å². The van der Waals surface area contributed by atoms with Crippen LogP contribution in [-0.2, 0) is 6.42 Å². The summed E-state index contributed by atoms with van der Waals surface area (Å²) in [5.74, 6) is 1.58. The zero-order valence-electron chi connectivity index (χ0n) is 13.2. The first-order chi connectivity index (χ1) is 9.66. The quantitative estimate of drug-likeness (QED) is 0.790. The molecule has 0 spiro atoms. The zero-order chi connectivity index (χ0) is 14.4. The largest absolute Gasteiger partial charge is 0.316 e. The second-order valence-corrected chi connectivity index (χ2v) is 6.51. The lowest BCUT2D eigenvalue weighted by molar-refractivity contribution is 0.0841. The van der Waals surface area contributed by atoms with Crippen molar-refractivity contribution in [2.75, 3.05) is 26.7 Å². The predicted octanol–water partition coefficient (Wildman–Crippen LogP) is 2.58. The maximum atomic E-state index is 4.40. The van der Waals surface area contributed by atoms with Gasteiger partial charge < -0.3 is 10.2 Å². The molecule has 1 aliphatic carbocycles. The molecule has 0 amide bonds. The van der Waals surface area contributed by atoms with Gasteiger partial charge in [-0.25, -0.2) is 0 Å². The van der Waals surface area contributed by atoms with Gasteiger partial charge in [-0.1, -0.05) is 19.9 Å². The summed E-state index contributed by atoms with van der Waals surface area (Å²) < 4.78 is 0. The van der Waals surface area contributed by atoms with Crippen LogP contribution in [0.4, 0.5) is 0 Å². The topological polar surface area (TPSA) is 28.2 Å². The van der Waals surface area contributed by atoms with E-state index in [1.165, 1.54) is 25.1 Å². The van der Waals surface area contributed by atoms with E-state index in [1.54, 1.807) is 0 Å². The van der Waals surface area contributed by atoms with Gasteiger partial charge in [-0.2, -0.15) is 0 Å². The van der Waals surface area contributed by atoms with Crippen molar-refractivity contribution in [1.29, 1.82) is 0 Å². The summed E-state index contributed by atoms with van der Waals surface area (Å²) in [4.78, 5) is 6.93. The van der Waals surface area contributed by atoms with Crippen molar-refractivity contribution in [2.45, 2.75) is 39.2 Å². The molecule has 0 bridgehead atoms. The van der Waals surface area contributed by atoms with Crippen LogP contribution in [0.5, 0.6) is 0 Å². The maximum absolute atomic E-state index is 4.40. The summed E-state index contributed by atoms with van der Waals surface area (Å²) in [5, 5.41) is 3.61. The van der Waals surface area contributed by atoms with Gasteiger partial charge in [0.25, 0.3) is 0 Å². The Morgan fingerprint density at radius 1 is 1.35 bits per heavy atom. The molecule has 2 rings (SSSR count). The van der Waals surface area contributed by atoms with Crippen LogP contribution in [0.3, 0.4) is 0 Å². The summed E-state index contributed by atoms with van der Waals surface area (Å²) in [5.41, 5.74) is 1.20. The first-order valence-corrected chi connectivity index (χ1v) is 7.97. The summed E-state index contributed by atoms with van der Waals surface area (Å²) in [6.07, 6.45) is 5.67. The van der Waals surface area contributed by atoms with Crippen molar-refractivity contribution in [2.24, 2.45) is 11.8 Å². The average Bonchev–Trinajstić information content (AvgIpc) is 2.41. The molecule has 0 aliphatic heterocycles. The van der Waals surface area contributed by atoms with Gasteiger partial charge in [-0.15, -0.1) is 0 Å². The molecule has 20 heavy (non-hydrogen) atoms. The molecule has 0 radical (unpaired) electrons. The molecular weight excluding hydrogens is 246 g/mol. The van der Waals surface area contributed by atoms with E-state index in [-0.39, 0.29) is 0 Å². The fraction of sp³-hybridized carbons (Fsp3) is 0.706. The van der Waals surface area contributed by atoms with Crippen LogP contribution < -0.4 is 5.32 Å². The van der Waals surface area contributed by atoms with Crippen molar-refractivity contribution in [3.05, 3.63) is 30.1 Å². The van der Waals surface area contributed by atoms with Gasteiger partial charge in [0.15, 0.2) is 0 Å². The van der Waals surface area contributed by atoms with Crippen LogP contribution in [0, 0.1) is 11.8 Å². The Labute approximate surface area is 123 Å². The lowest BCUT2D eigenvalue weighted by atomic mass is 9.78. The SMILES string of the molecule is CC(C)CNCC1CCC1N(C)CCc1ccccn1. The fourth-order valence-electron chi connectivity index (χ4n) is 2.93. The minimum absolute atomic E-state index is 0.746. The summed E-state index contributed by atoms with van der Waals surface area (Å²) in [7, 11) is 2.27. The van der Waals surface area contributed by atoms with Crippen molar-refractivity contribution in [3.63, 3.8) is 0 Å². The Morgan fingerprint density at radius 3 is 2.80 bits per heavy atom. The molecule has 3 heteroatoms. The van der Waals surface area contributed by atoms with Crippen molar-refractivity contribution >= 4 is 0 Å². The number of nitrogens with one attached hydrogen (secondary N) is 1. The van der Waals surface area contributed by atoms with Crippen LogP contribution in [0.15, 0.2) is 24.4 Å². The molecule has 1 fully saturated rings. The second-order valence-electron chi connectivity index (χ2n) is 6.51. The molecule has 112 valence electrons. The normalized spacial score (nSPS) is 22.2. The minimum Gasteiger partial charge on any atom is -0.316 e. The number of pyridine rings is 1. The Morgan fingerprint density at radius 2 is 2.20 bits per heavy atom.